The number of allylic oxidation sites excluding steroid dienone is 4. The Balaban J connectivity index is 0.000000293. The summed E-state index contributed by atoms with van der Waals surface area (Å²) in [6, 6.07) is 56.0. The molecule has 6 aromatic carbocycles. The molecule has 0 bridgehead atoms. The fraction of sp³-hybridized carbons (Fsp3) is 0.196. The normalized spacial score (nSPS) is 12.7. The first-order chi connectivity index (χ1) is 26.2. The first-order valence-corrected chi connectivity index (χ1v) is 20.9. The number of halogens is 4. The molecule has 0 fully saturated rings. The van der Waals surface area contributed by atoms with E-state index in [9.17, 15) is 0 Å². The number of fused-ring (bicyclic) bond motifs is 3. The summed E-state index contributed by atoms with van der Waals surface area (Å²) in [4.78, 5) is 0. The molecule has 290 valence electrons. The van der Waals surface area contributed by atoms with E-state index in [0.717, 1.165) is 16.5 Å². The van der Waals surface area contributed by atoms with Gasteiger partial charge in [-0.2, -0.15) is 72.3 Å². The van der Waals surface area contributed by atoms with E-state index >= 15 is 0 Å². The van der Waals surface area contributed by atoms with Crippen molar-refractivity contribution in [3.63, 3.8) is 0 Å². The van der Waals surface area contributed by atoms with E-state index in [0.29, 0.717) is 11.3 Å². The van der Waals surface area contributed by atoms with Gasteiger partial charge in [-0.3, -0.25) is 6.08 Å². The molecule has 0 nitrogen and oxygen atoms in total. The topological polar surface area (TPSA) is 0 Å². The van der Waals surface area contributed by atoms with Gasteiger partial charge in [-0.05, 0) is 23.1 Å². The standard InChI is InChI=1S/C25H17.C13H21.2C6H4Cl.CH2.2ClH.Zr/c1-3-7-18(8-4-1)20-11-13-24-22(15-20)17-23-16-21(12-14-25(23)24)19-9-5-2-6-10-19;1-5-6-7-11-8-9-12(10-11)13(2,3)4;2*7-6-4-2-1-3-5-6;;;;/h1-15H,17H2;9-11H,5-7H2,1-4H3;2*2-5H;1H2;2*1H;/q4*-1;;;;. The summed E-state index contributed by atoms with van der Waals surface area (Å²) in [5.74, 6) is 0.592. The fourth-order valence-electron chi connectivity index (χ4n) is 6.02. The maximum absolute atomic E-state index is 5.52. The van der Waals surface area contributed by atoms with Crippen molar-refractivity contribution in [2.24, 2.45) is 11.3 Å². The van der Waals surface area contributed by atoms with Gasteiger partial charge in [0.05, 0.1) is 0 Å². The van der Waals surface area contributed by atoms with Crippen LogP contribution in [0, 0.1) is 35.6 Å². The first-order valence-electron chi connectivity index (χ1n) is 18.4. The van der Waals surface area contributed by atoms with Crippen LogP contribution in [0.3, 0.4) is 0 Å². The number of hydrogen-bond donors (Lipinski definition) is 0. The Morgan fingerprint density at radius 3 is 1.70 bits per heavy atom. The molecule has 2 aliphatic rings. The summed E-state index contributed by atoms with van der Waals surface area (Å²) >= 11 is 12.3. The minimum Gasteiger partial charge on any atom is -0.143 e. The third-order valence-corrected chi connectivity index (χ3v) is 9.41. The van der Waals surface area contributed by atoms with Crippen molar-refractivity contribution < 1.29 is 24.2 Å². The summed E-state index contributed by atoms with van der Waals surface area (Å²) in [6.45, 7) is 9.03. The maximum Gasteiger partial charge on any atom is -0.0181 e. The van der Waals surface area contributed by atoms with Crippen LogP contribution >= 0.6 is 48.0 Å². The van der Waals surface area contributed by atoms with Gasteiger partial charge in [-0.25, -0.2) is 6.08 Å². The minimum atomic E-state index is 0. The van der Waals surface area contributed by atoms with Crippen molar-refractivity contribution in [3.05, 3.63) is 203 Å². The molecule has 0 aliphatic heterocycles. The summed E-state index contributed by atoms with van der Waals surface area (Å²) in [5, 5.41) is 1.53. The second kappa shape index (κ2) is 25.9. The van der Waals surface area contributed by atoms with Crippen molar-refractivity contribution in [1.29, 1.82) is 0 Å². The maximum atomic E-state index is 5.52. The quantitative estimate of drug-likeness (QED) is 0.151. The van der Waals surface area contributed by atoms with Crippen molar-refractivity contribution in [2.75, 3.05) is 0 Å². The Labute approximate surface area is 374 Å². The van der Waals surface area contributed by atoms with Gasteiger partial charge in [-0.15, -0.1) is 77.3 Å². The van der Waals surface area contributed by atoms with Crippen LogP contribution in [-0.2, 0) is 30.7 Å². The molecule has 0 N–H and O–H groups in total. The van der Waals surface area contributed by atoms with E-state index in [1.54, 1.807) is 48.5 Å². The molecule has 0 radical (unpaired) electrons. The molecular formula is C51H50Cl4Zr-4. The van der Waals surface area contributed by atoms with Crippen LogP contribution in [0.25, 0.3) is 33.4 Å². The van der Waals surface area contributed by atoms with Gasteiger partial charge in [0.25, 0.3) is 0 Å². The van der Waals surface area contributed by atoms with Crippen molar-refractivity contribution in [1.82, 2.24) is 0 Å². The van der Waals surface area contributed by atoms with Crippen molar-refractivity contribution in [2.45, 2.75) is 53.4 Å². The van der Waals surface area contributed by atoms with E-state index in [2.05, 4.69) is 159 Å². The average molecular weight is 896 g/mol. The number of benzene rings is 6. The zero-order valence-electron chi connectivity index (χ0n) is 32.6. The second-order valence-electron chi connectivity index (χ2n) is 13.9. The van der Waals surface area contributed by atoms with Gasteiger partial charge in [0.2, 0.25) is 0 Å². The van der Waals surface area contributed by atoms with Gasteiger partial charge >= 0.3 is 28.4 Å². The summed E-state index contributed by atoms with van der Waals surface area (Å²) in [7, 11) is 0. The third-order valence-electron chi connectivity index (χ3n) is 8.91. The molecule has 1 atom stereocenters. The molecule has 56 heavy (non-hydrogen) atoms. The second-order valence-corrected chi connectivity index (χ2v) is 14.8. The number of unbranched alkanes of at least 4 members (excludes halogenated alkanes) is 1. The zero-order chi connectivity index (χ0) is 38.8. The molecule has 5 heteroatoms. The fourth-order valence-corrected chi connectivity index (χ4v) is 6.27. The molecule has 8 rings (SSSR count). The SMILES string of the molecule is CCCCC1[C-]=CC(C(C)(C)C)=C1.Cl.Cl.Clc1cc[c-]cc1.Clc1cc[c-]cc1.[CH2]=[Zr].[c-]1c(-c2ccccc2)ccc2c1Cc1cc(-c3ccccc3)ccc1-2. The van der Waals surface area contributed by atoms with Crippen LogP contribution in [0.2, 0.25) is 10.0 Å². The Morgan fingerprint density at radius 1 is 0.679 bits per heavy atom. The van der Waals surface area contributed by atoms with Gasteiger partial charge < -0.3 is 0 Å². The molecule has 0 heterocycles. The van der Waals surface area contributed by atoms with Gasteiger partial charge in [0, 0.05) is 0 Å². The summed E-state index contributed by atoms with van der Waals surface area (Å²) in [5.41, 5.74) is 12.1. The van der Waals surface area contributed by atoms with E-state index in [-0.39, 0.29) is 24.8 Å². The van der Waals surface area contributed by atoms with Crippen LogP contribution in [0.4, 0.5) is 0 Å². The molecule has 0 saturated carbocycles. The molecule has 0 aromatic heterocycles. The first kappa shape index (κ1) is 48.9. The Bertz CT molecular complexity index is 1930. The molecule has 0 saturated heterocycles. The van der Waals surface area contributed by atoms with Crippen LogP contribution in [0.5, 0.6) is 0 Å². The molecule has 6 aromatic rings. The molecule has 2 aliphatic carbocycles. The molecule has 0 amide bonds. The molecule has 0 spiro atoms. The summed E-state index contributed by atoms with van der Waals surface area (Å²) in [6.07, 6.45) is 12.8. The predicted octanol–water partition coefficient (Wildman–Crippen LogP) is 15.6. The molecule has 1 unspecified atom stereocenters. The minimum absolute atomic E-state index is 0. The van der Waals surface area contributed by atoms with E-state index in [4.69, 9.17) is 23.2 Å². The molecular weight excluding hydrogens is 846 g/mol. The predicted molar refractivity (Wildman–Crippen MR) is 245 cm³/mol. The Kier molecular flexibility index (Phi) is 22.6. The van der Waals surface area contributed by atoms with Crippen LogP contribution in [0.15, 0.2) is 157 Å². The van der Waals surface area contributed by atoms with Crippen molar-refractivity contribution in [3.8, 4) is 33.4 Å². The smallest absolute Gasteiger partial charge is 0.0181 e. The average Bonchev–Trinajstić information content (AvgIpc) is 3.85. The van der Waals surface area contributed by atoms with Crippen molar-refractivity contribution >= 4 is 52.2 Å². The van der Waals surface area contributed by atoms with Crippen LogP contribution in [0.1, 0.15) is 58.1 Å². The largest absolute Gasteiger partial charge is 0.143 e. The third kappa shape index (κ3) is 15.6. The summed E-state index contributed by atoms with van der Waals surface area (Å²) < 4.78 is 3.34. The van der Waals surface area contributed by atoms with E-state index in [1.807, 2.05) is 0 Å². The van der Waals surface area contributed by atoms with E-state index < -0.39 is 0 Å². The number of hydrogen-bond acceptors (Lipinski definition) is 0. The zero-order valence-corrected chi connectivity index (χ0v) is 38.2. The monoisotopic (exact) mass is 892 g/mol. The Hall–Kier alpha value is -3.29. The van der Waals surface area contributed by atoms with Gasteiger partial charge in [-0.1, -0.05) is 164 Å². The van der Waals surface area contributed by atoms with Gasteiger partial charge in [0.1, 0.15) is 0 Å². The number of rotatable bonds is 5. The Morgan fingerprint density at radius 2 is 1.21 bits per heavy atom. The van der Waals surface area contributed by atoms with E-state index in [1.165, 1.54) is 93.6 Å². The van der Waals surface area contributed by atoms with Gasteiger partial charge in [0.15, 0.2) is 0 Å². The van der Waals surface area contributed by atoms with Crippen LogP contribution in [-0.4, -0.2) is 4.21 Å². The van der Waals surface area contributed by atoms with Crippen LogP contribution < -0.4 is 0 Å².